The van der Waals surface area contributed by atoms with Crippen molar-refractivity contribution < 1.29 is 4.79 Å². The SMILES string of the molecule is Cc1cnc(C(=O)N2CC(C)(C)Sc3ccccc32)cn1. The predicted molar refractivity (Wildman–Crippen MR) is 84.8 cm³/mol. The molecule has 21 heavy (non-hydrogen) atoms. The maximum Gasteiger partial charge on any atom is 0.278 e. The van der Waals surface area contributed by atoms with Gasteiger partial charge in [0, 0.05) is 22.4 Å². The van der Waals surface area contributed by atoms with E-state index in [1.807, 2.05) is 30.0 Å². The fourth-order valence-electron chi connectivity index (χ4n) is 2.38. The molecule has 108 valence electrons. The van der Waals surface area contributed by atoms with Crippen molar-refractivity contribution in [1.29, 1.82) is 0 Å². The standard InChI is InChI=1S/C16H17N3OS/c1-11-8-18-12(9-17-11)15(20)19-10-16(2,3)21-14-7-5-4-6-13(14)19/h4-9H,10H2,1-3H3. The summed E-state index contributed by atoms with van der Waals surface area (Å²) in [6.45, 7) is 6.81. The normalized spacial score (nSPS) is 16.4. The van der Waals surface area contributed by atoms with E-state index in [4.69, 9.17) is 0 Å². The van der Waals surface area contributed by atoms with E-state index in [2.05, 4.69) is 29.9 Å². The Morgan fingerprint density at radius 3 is 2.71 bits per heavy atom. The Bertz CT molecular complexity index is 682. The molecule has 1 aliphatic rings. The summed E-state index contributed by atoms with van der Waals surface area (Å²) in [6, 6.07) is 8.00. The van der Waals surface area contributed by atoms with Gasteiger partial charge in [0.05, 0.1) is 17.6 Å². The molecule has 1 aliphatic heterocycles. The summed E-state index contributed by atoms with van der Waals surface area (Å²) >= 11 is 1.80. The van der Waals surface area contributed by atoms with E-state index in [-0.39, 0.29) is 10.7 Å². The van der Waals surface area contributed by atoms with Crippen LogP contribution in [-0.4, -0.2) is 27.2 Å². The number of para-hydroxylation sites is 1. The number of carbonyl (C=O) groups is 1. The van der Waals surface area contributed by atoms with E-state index >= 15 is 0 Å². The van der Waals surface area contributed by atoms with Crippen LogP contribution in [0.15, 0.2) is 41.6 Å². The van der Waals surface area contributed by atoms with Gasteiger partial charge >= 0.3 is 0 Å². The number of amides is 1. The summed E-state index contributed by atoms with van der Waals surface area (Å²) in [5.74, 6) is -0.0941. The fraction of sp³-hybridized carbons (Fsp3) is 0.312. The highest BCUT2D eigenvalue weighted by molar-refractivity contribution is 8.00. The van der Waals surface area contributed by atoms with Crippen molar-refractivity contribution in [3.05, 3.63) is 48.0 Å². The molecule has 2 heterocycles. The van der Waals surface area contributed by atoms with Gasteiger partial charge in [0.2, 0.25) is 0 Å². The summed E-state index contributed by atoms with van der Waals surface area (Å²) in [5, 5.41) is 0. The molecule has 0 unspecified atom stereocenters. The van der Waals surface area contributed by atoms with E-state index in [9.17, 15) is 4.79 Å². The number of anilines is 1. The smallest absolute Gasteiger partial charge is 0.278 e. The van der Waals surface area contributed by atoms with E-state index in [1.165, 1.54) is 0 Å². The van der Waals surface area contributed by atoms with Crippen molar-refractivity contribution in [2.24, 2.45) is 0 Å². The van der Waals surface area contributed by atoms with Gasteiger partial charge in [-0.1, -0.05) is 12.1 Å². The largest absolute Gasteiger partial charge is 0.304 e. The molecule has 1 aromatic heterocycles. The van der Waals surface area contributed by atoms with Gasteiger partial charge in [0.15, 0.2) is 0 Å². The molecule has 5 heteroatoms. The molecule has 0 fully saturated rings. The van der Waals surface area contributed by atoms with Gasteiger partial charge in [-0.25, -0.2) is 4.98 Å². The van der Waals surface area contributed by atoms with Gasteiger partial charge < -0.3 is 4.90 Å². The molecule has 1 aromatic carbocycles. The van der Waals surface area contributed by atoms with Crippen molar-refractivity contribution in [1.82, 2.24) is 9.97 Å². The number of fused-ring (bicyclic) bond motifs is 1. The van der Waals surface area contributed by atoms with Crippen LogP contribution in [0.4, 0.5) is 5.69 Å². The minimum absolute atomic E-state index is 0.0257. The fourth-order valence-corrected chi connectivity index (χ4v) is 3.60. The maximum absolute atomic E-state index is 12.8. The summed E-state index contributed by atoms with van der Waals surface area (Å²) in [4.78, 5) is 24.1. The minimum atomic E-state index is -0.0941. The Balaban J connectivity index is 2.01. The van der Waals surface area contributed by atoms with E-state index in [0.717, 1.165) is 16.3 Å². The van der Waals surface area contributed by atoms with Gasteiger partial charge in [-0.2, -0.15) is 0 Å². The Hall–Kier alpha value is -1.88. The van der Waals surface area contributed by atoms with Gasteiger partial charge in [0.1, 0.15) is 5.69 Å². The monoisotopic (exact) mass is 299 g/mol. The Labute approximate surface area is 128 Å². The van der Waals surface area contributed by atoms with Crippen molar-refractivity contribution in [3.63, 3.8) is 0 Å². The number of rotatable bonds is 1. The second kappa shape index (κ2) is 5.15. The lowest BCUT2D eigenvalue weighted by Crippen LogP contribution is -2.44. The average Bonchev–Trinajstić information content (AvgIpc) is 2.45. The molecule has 4 nitrogen and oxygen atoms in total. The number of benzene rings is 1. The summed E-state index contributed by atoms with van der Waals surface area (Å²) in [5.41, 5.74) is 2.15. The Kier molecular flexibility index (Phi) is 3.45. The van der Waals surface area contributed by atoms with Crippen LogP contribution < -0.4 is 4.90 Å². The number of nitrogens with zero attached hydrogens (tertiary/aromatic N) is 3. The van der Waals surface area contributed by atoms with Gasteiger partial charge in [-0.05, 0) is 32.9 Å². The van der Waals surface area contributed by atoms with Gasteiger partial charge in [-0.3, -0.25) is 9.78 Å². The molecular formula is C16H17N3OS. The van der Waals surface area contributed by atoms with Crippen LogP contribution in [0.25, 0.3) is 0 Å². The topological polar surface area (TPSA) is 46.1 Å². The van der Waals surface area contributed by atoms with Crippen molar-refractivity contribution in [2.75, 3.05) is 11.4 Å². The van der Waals surface area contributed by atoms with E-state index in [0.29, 0.717) is 12.2 Å². The first-order chi connectivity index (χ1) is 9.96. The molecule has 0 aliphatic carbocycles. The highest BCUT2D eigenvalue weighted by atomic mass is 32.2. The molecule has 0 saturated heterocycles. The average molecular weight is 299 g/mol. The van der Waals surface area contributed by atoms with Crippen LogP contribution in [0.5, 0.6) is 0 Å². The molecule has 0 N–H and O–H groups in total. The third-order valence-corrected chi connectivity index (χ3v) is 4.57. The first kappa shape index (κ1) is 14.1. The van der Waals surface area contributed by atoms with Gasteiger partial charge in [0.25, 0.3) is 5.91 Å². The van der Waals surface area contributed by atoms with E-state index in [1.54, 1.807) is 24.2 Å². The molecule has 1 amide bonds. The van der Waals surface area contributed by atoms with Gasteiger partial charge in [-0.15, -0.1) is 11.8 Å². The number of hydrogen-bond acceptors (Lipinski definition) is 4. The molecule has 2 aromatic rings. The number of carbonyl (C=O) groups excluding carboxylic acids is 1. The second-order valence-corrected chi connectivity index (χ2v) is 7.51. The third kappa shape index (κ3) is 2.78. The van der Waals surface area contributed by atoms with Crippen LogP contribution in [0.2, 0.25) is 0 Å². The number of hydrogen-bond donors (Lipinski definition) is 0. The lowest BCUT2D eigenvalue weighted by atomic mass is 10.1. The summed E-state index contributed by atoms with van der Waals surface area (Å²) in [7, 11) is 0. The number of thioether (sulfide) groups is 1. The number of aryl methyl sites for hydroxylation is 1. The highest BCUT2D eigenvalue weighted by Gasteiger charge is 2.34. The van der Waals surface area contributed by atoms with E-state index < -0.39 is 0 Å². The van der Waals surface area contributed by atoms with Crippen molar-refractivity contribution in [2.45, 2.75) is 30.4 Å². The van der Waals surface area contributed by atoms with Crippen LogP contribution in [0.3, 0.4) is 0 Å². The first-order valence-electron chi connectivity index (χ1n) is 6.85. The Morgan fingerprint density at radius 2 is 2.00 bits per heavy atom. The molecule has 0 spiro atoms. The highest BCUT2D eigenvalue weighted by Crippen LogP contribution is 2.44. The molecular weight excluding hydrogens is 282 g/mol. The van der Waals surface area contributed by atoms with Crippen LogP contribution in [0, 0.1) is 6.92 Å². The summed E-state index contributed by atoms with van der Waals surface area (Å²) < 4.78 is -0.0257. The second-order valence-electron chi connectivity index (χ2n) is 5.76. The predicted octanol–water partition coefficient (Wildman–Crippen LogP) is 3.32. The molecule has 0 radical (unpaired) electrons. The molecule has 3 rings (SSSR count). The lowest BCUT2D eigenvalue weighted by Gasteiger charge is -2.38. The number of aromatic nitrogens is 2. The summed E-state index contributed by atoms with van der Waals surface area (Å²) in [6.07, 6.45) is 3.18. The molecule has 0 bridgehead atoms. The quantitative estimate of drug-likeness (QED) is 0.810. The van der Waals surface area contributed by atoms with Crippen molar-refractivity contribution in [3.8, 4) is 0 Å². The third-order valence-electron chi connectivity index (χ3n) is 3.33. The van der Waals surface area contributed by atoms with Crippen molar-refractivity contribution >= 4 is 23.4 Å². The minimum Gasteiger partial charge on any atom is -0.304 e. The van der Waals surface area contributed by atoms with Crippen LogP contribution >= 0.6 is 11.8 Å². The van der Waals surface area contributed by atoms with Crippen LogP contribution in [0.1, 0.15) is 30.0 Å². The maximum atomic E-state index is 12.8. The zero-order valence-corrected chi connectivity index (χ0v) is 13.1. The van der Waals surface area contributed by atoms with Crippen LogP contribution in [-0.2, 0) is 0 Å². The lowest BCUT2D eigenvalue weighted by molar-refractivity contribution is 0.0978. The molecule has 0 atom stereocenters. The molecule has 0 saturated carbocycles. The first-order valence-corrected chi connectivity index (χ1v) is 7.66. The Morgan fingerprint density at radius 1 is 1.24 bits per heavy atom. The zero-order valence-electron chi connectivity index (χ0n) is 12.3. The zero-order chi connectivity index (χ0) is 15.0.